The summed E-state index contributed by atoms with van der Waals surface area (Å²) in [6, 6.07) is 17.3. The fourth-order valence-electron chi connectivity index (χ4n) is 6.57. The highest BCUT2D eigenvalue weighted by molar-refractivity contribution is 6.39. The molecule has 2 amide bonds. The number of rotatable bonds is 13. The molecule has 50 heavy (non-hydrogen) atoms. The van der Waals surface area contributed by atoms with E-state index in [0.29, 0.717) is 92.0 Å². The minimum Gasteiger partial charge on any atom is -0.496 e. The van der Waals surface area contributed by atoms with Crippen molar-refractivity contribution in [2.75, 3.05) is 27.3 Å². The number of ether oxygens (including phenoxy) is 2. The van der Waals surface area contributed by atoms with Gasteiger partial charge in [0.05, 0.1) is 24.3 Å². The second-order valence-electron chi connectivity index (χ2n) is 12.5. The van der Waals surface area contributed by atoms with Crippen LogP contribution in [0.5, 0.6) is 11.5 Å². The number of carbonyl (C=O) groups excluding carboxylic acids is 2. The highest BCUT2D eigenvalue weighted by Gasteiger charge is 2.23. The molecule has 4 aromatic rings. The summed E-state index contributed by atoms with van der Waals surface area (Å²) in [6.07, 6.45) is 2.48. The summed E-state index contributed by atoms with van der Waals surface area (Å²) in [7, 11) is 2.97. The van der Waals surface area contributed by atoms with Crippen molar-refractivity contribution < 1.29 is 27.8 Å². The van der Waals surface area contributed by atoms with Crippen LogP contribution in [0.2, 0.25) is 10.0 Å². The lowest BCUT2D eigenvalue weighted by Crippen LogP contribution is -2.35. The minimum atomic E-state index is -0.455. The molecule has 4 N–H and O–H groups in total. The molecule has 2 saturated heterocycles. The smallest absolute Gasteiger partial charge is 0.220 e. The van der Waals surface area contributed by atoms with E-state index < -0.39 is 11.6 Å². The van der Waals surface area contributed by atoms with Crippen LogP contribution >= 0.6 is 23.2 Å². The van der Waals surface area contributed by atoms with Crippen molar-refractivity contribution in [3.05, 3.63) is 93.5 Å². The van der Waals surface area contributed by atoms with Crippen LogP contribution < -0.4 is 30.7 Å². The van der Waals surface area contributed by atoms with E-state index >= 15 is 8.78 Å². The molecule has 6 rings (SSSR count). The van der Waals surface area contributed by atoms with E-state index in [0.717, 1.165) is 12.8 Å². The van der Waals surface area contributed by atoms with Gasteiger partial charge in [0.1, 0.15) is 23.1 Å². The molecule has 0 aromatic heterocycles. The minimum absolute atomic E-state index is 0.0178. The van der Waals surface area contributed by atoms with Crippen LogP contribution in [0.4, 0.5) is 8.78 Å². The monoisotopic (exact) mass is 722 g/mol. The second kappa shape index (κ2) is 15.8. The first-order valence-electron chi connectivity index (χ1n) is 16.5. The number of amides is 2. The first-order chi connectivity index (χ1) is 24.2. The summed E-state index contributed by atoms with van der Waals surface area (Å²) in [4.78, 5) is 23.0. The van der Waals surface area contributed by atoms with Gasteiger partial charge in [-0.1, -0.05) is 59.6 Å². The quantitative estimate of drug-likeness (QED) is 0.118. The molecule has 2 aliphatic rings. The molecule has 12 heteroatoms. The Labute approximate surface area is 299 Å². The lowest BCUT2D eigenvalue weighted by atomic mass is 9.94. The molecule has 2 heterocycles. The molecule has 262 valence electrons. The fraction of sp³-hybridized carbons (Fsp3) is 0.316. The maximum absolute atomic E-state index is 15.6. The van der Waals surface area contributed by atoms with Gasteiger partial charge in [-0.3, -0.25) is 9.59 Å². The van der Waals surface area contributed by atoms with Gasteiger partial charge in [0.2, 0.25) is 11.8 Å². The zero-order valence-electron chi connectivity index (χ0n) is 27.7. The SMILES string of the molecule is COc1cc(-c2cccc(-c3cccc(-c4cc(F)c(CNC[C@@H]5CCC(=O)N5)c(OC)c4)c3Cl)c2Cl)cc(F)c1CNC[C@@H]1CCC(=O)N1. The Kier molecular flexibility index (Phi) is 11.2. The summed E-state index contributed by atoms with van der Waals surface area (Å²) in [5, 5.41) is 12.9. The molecule has 2 atom stereocenters. The van der Waals surface area contributed by atoms with Crippen LogP contribution in [-0.4, -0.2) is 51.2 Å². The molecule has 0 spiro atoms. The summed E-state index contributed by atoms with van der Waals surface area (Å²) in [5.41, 5.74) is 4.19. The normalized spacial score (nSPS) is 17.2. The van der Waals surface area contributed by atoms with Crippen molar-refractivity contribution >= 4 is 35.0 Å². The number of methoxy groups -OCH3 is 2. The van der Waals surface area contributed by atoms with E-state index in [1.165, 1.54) is 26.4 Å². The zero-order valence-corrected chi connectivity index (χ0v) is 29.2. The number of benzene rings is 4. The molecular weight excluding hydrogens is 685 g/mol. The average Bonchev–Trinajstić information content (AvgIpc) is 3.72. The highest BCUT2D eigenvalue weighted by Crippen LogP contribution is 2.44. The van der Waals surface area contributed by atoms with Gasteiger partial charge in [-0.15, -0.1) is 0 Å². The van der Waals surface area contributed by atoms with E-state index in [2.05, 4.69) is 21.3 Å². The number of halogens is 4. The fourth-order valence-corrected chi connectivity index (χ4v) is 7.24. The van der Waals surface area contributed by atoms with Crippen LogP contribution in [0, 0.1) is 11.6 Å². The van der Waals surface area contributed by atoms with Crippen molar-refractivity contribution in [3.63, 3.8) is 0 Å². The molecule has 0 saturated carbocycles. The van der Waals surface area contributed by atoms with Gasteiger partial charge >= 0.3 is 0 Å². The summed E-state index contributed by atoms with van der Waals surface area (Å²) in [5.74, 6) is -0.128. The third-order valence-electron chi connectivity index (χ3n) is 9.21. The maximum atomic E-state index is 15.6. The lowest BCUT2D eigenvalue weighted by molar-refractivity contribution is -0.120. The third-order valence-corrected chi connectivity index (χ3v) is 10.0. The van der Waals surface area contributed by atoms with Crippen molar-refractivity contribution in [3.8, 4) is 44.9 Å². The van der Waals surface area contributed by atoms with Gasteiger partial charge < -0.3 is 30.7 Å². The number of hydrogen-bond donors (Lipinski definition) is 4. The highest BCUT2D eigenvalue weighted by atomic mass is 35.5. The Hall–Kier alpha value is -4.22. The van der Waals surface area contributed by atoms with Gasteiger partial charge in [0.25, 0.3) is 0 Å². The molecule has 0 radical (unpaired) electrons. The van der Waals surface area contributed by atoms with Gasteiger partial charge in [-0.2, -0.15) is 0 Å². The molecule has 2 aliphatic heterocycles. The molecule has 0 bridgehead atoms. The molecule has 0 unspecified atom stereocenters. The van der Waals surface area contributed by atoms with Crippen LogP contribution in [0.1, 0.15) is 36.8 Å². The van der Waals surface area contributed by atoms with Gasteiger partial charge in [0.15, 0.2) is 0 Å². The van der Waals surface area contributed by atoms with Crippen molar-refractivity contribution in [1.82, 2.24) is 21.3 Å². The molecule has 4 aromatic carbocycles. The van der Waals surface area contributed by atoms with Crippen molar-refractivity contribution in [1.29, 1.82) is 0 Å². The molecule has 8 nitrogen and oxygen atoms in total. The van der Waals surface area contributed by atoms with Gasteiger partial charge in [-0.25, -0.2) is 8.78 Å². The number of carbonyl (C=O) groups is 2. The maximum Gasteiger partial charge on any atom is 0.220 e. The zero-order chi connectivity index (χ0) is 35.4. The van der Waals surface area contributed by atoms with E-state index in [9.17, 15) is 9.59 Å². The van der Waals surface area contributed by atoms with E-state index in [1.807, 2.05) is 24.3 Å². The molecule has 2 fully saturated rings. The summed E-state index contributed by atoms with van der Waals surface area (Å²) >= 11 is 14.0. The predicted molar refractivity (Wildman–Crippen MR) is 192 cm³/mol. The van der Waals surface area contributed by atoms with E-state index in [1.54, 1.807) is 24.3 Å². The van der Waals surface area contributed by atoms with Crippen LogP contribution in [-0.2, 0) is 22.7 Å². The number of nitrogens with one attached hydrogen (secondary N) is 4. The average molecular weight is 724 g/mol. The summed E-state index contributed by atoms with van der Waals surface area (Å²) < 4.78 is 42.3. The largest absolute Gasteiger partial charge is 0.496 e. The number of hydrogen-bond acceptors (Lipinski definition) is 6. The first-order valence-corrected chi connectivity index (χ1v) is 17.2. The Balaban J connectivity index is 1.24. The Morgan fingerprint density at radius 2 is 1.08 bits per heavy atom. The van der Waals surface area contributed by atoms with E-state index in [-0.39, 0.29) is 37.0 Å². The predicted octanol–water partition coefficient (Wildman–Crippen LogP) is 7.03. The van der Waals surface area contributed by atoms with Gasteiger partial charge in [0, 0.05) is 84.5 Å². The van der Waals surface area contributed by atoms with Crippen molar-refractivity contribution in [2.24, 2.45) is 0 Å². The van der Waals surface area contributed by atoms with Crippen LogP contribution in [0.15, 0.2) is 60.7 Å². The Morgan fingerprint density at radius 1 is 0.680 bits per heavy atom. The van der Waals surface area contributed by atoms with Crippen molar-refractivity contribution in [2.45, 2.75) is 50.9 Å². The molecule has 0 aliphatic carbocycles. The summed E-state index contributed by atoms with van der Waals surface area (Å²) in [6.45, 7) is 1.49. The lowest BCUT2D eigenvalue weighted by Gasteiger charge is -2.18. The Morgan fingerprint density at radius 3 is 1.44 bits per heavy atom. The van der Waals surface area contributed by atoms with Crippen LogP contribution in [0.25, 0.3) is 33.4 Å². The first kappa shape index (κ1) is 35.6. The van der Waals surface area contributed by atoms with Crippen LogP contribution in [0.3, 0.4) is 0 Å². The van der Waals surface area contributed by atoms with E-state index in [4.69, 9.17) is 32.7 Å². The van der Waals surface area contributed by atoms with Gasteiger partial charge in [-0.05, 0) is 48.2 Å². The standard InChI is InChI=1S/C38H38Cl2F2N4O4/c1-49-33-15-21(13-31(41)29(33)19-43-17-23-9-11-35(47)45-23)25-5-3-7-27(37(25)39)28-8-4-6-26(38(28)40)22-14-32(42)30(34(16-22)50-2)20-44-18-24-10-12-36(48)46-24/h3-8,13-16,23-24,43-44H,9-12,17-20H2,1-2H3,(H,45,47)(H,46,48)/t23-,24-/m0/s1. The Bertz CT molecular complexity index is 1790. The molecular formula is C38H38Cl2F2N4O4. The topological polar surface area (TPSA) is 101 Å². The second-order valence-corrected chi connectivity index (χ2v) is 13.2. The third kappa shape index (κ3) is 7.73.